The van der Waals surface area contributed by atoms with Crippen LogP contribution in [-0.2, 0) is 12.6 Å². The van der Waals surface area contributed by atoms with Crippen molar-refractivity contribution in [3.05, 3.63) is 119 Å². The standard InChI is InChI=1S/C29H17ClF5N7O3/c30-19-4-6-22(42-14-24(39-40-42)29(33,34)35)26(27(19)32)16-2-5-21(37-11-16)23(10-25-36-7-8-45-25)41-13-17(12-38-41)15-1-3-18(28(43)44)20(31)9-15/h1-9,11-14,23H,10H2,(H,43,44). The van der Waals surface area contributed by atoms with E-state index < -0.39 is 41.1 Å². The third kappa shape index (κ3) is 5.89. The summed E-state index contributed by atoms with van der Waals surface area (Å²) in [5.41, 5.74) is -0.469. The predicted molar refractivity (Wildman–Crippen MR) is 147 cm³/mol. The van der Waals surface area contributed by atoms with Gasteiger partial charge in [0.05, 0.1) is 47.0 Å². The van der Waals surface area contributed by atoms with Crippen LogP contribution in [0.5, 0.6) is 0 Å². The summed E-state index contributed by atoms with van der Waals surface area (Å²) in [5.74, 6) is -2.86. The Morgan fingerprint density at radius 3 is 2.44 bits per heavy atom. The third-order valence-corrected chi connectivity index (χ3v) is 7.12. The number of rotatable bonds is 8. The molecule has 0 amide bonds. The van der Waals surface area contributed by atoms with E-state index >= 15 is 4.39 Å². The van der Waals surface area contributed by atoms with Gasteiger partial charge in [-0.05, 0) is 35.9 Å². The molecule has 16 heteroatoms. The van der Waals surface area contributed by atoms with E-state index in [1.165, 1.54) is 53.8 Å². The van der Waals surface area contributed by atoms with Crippen molar-refractivity contribution < 1.29 is 36.3 Å². The van der Waals surface area contributed by atoms with Crippen molar-refractivity contribution >= 4 is 17.6 Å². The molecule has 228 valence electrons. The van der Waals surface area contributed by atoms with Crippen LogP contribution < -0.4 is 0 Å². The van der Waals surface area contributed by atoms with Crippen molar-refractivity contribution in [3.63, 3.8) is 0 Å². The molecule has 0 aliphatic carbocycles. The summed E-state index contributed by atoms with van der Waals surface area (Å²) >= 11 is 6.03. The maximum absolute atomic E-state index is 15.4. The van der Waals surface area contributed by atoms with Gasteiger partial charge in [-0.15, -0.1) is 5.10 Å². The van der Waals surface area contributed by atoms with E-state index in [4.69, 9.17) is 21.1 Å². The Hall–Kier alpha value is -5.44. The Kier molecular flexibility index (Phi) is 7.62. The maximum Gasteiger partial charge on any atom is 0.436 e. The van der Waals surface area contributed by atoms with Crippen LogP contribution in [0.15, 0.2) is 84.1 Å². The maximum atomic E-state index is 15.4. The molecule has 0 aliphatic heterocycles. The van der Waals surface area contributed by atoms with E-state index in [1.54, 1.807) is 12.3 Å². The number of hydrogen-bond donors (Lipinski definition) is 1. The van der Waals surface area contributed by atoms with E-state index in [2.05, 4.69) is 25.4 Å². The van der Waals surface area contributed by atoms with Crippen molar-refractivity contribution in [1.29, 1.82) is 0 Å². The summed E-state index contributed by atoms with van der Waals surface area (Å²) in [6.07, 6.45) is 3.29. The van der Waals surface area contributed by atoms with Crippen LogP contribution in [-0.4, -0.2) is 45.8 Å². The van der Waals surface area contributed by atoms with Crippen LogP contribution in [0.4, 0.5) is 22.0 Å². The number of carbonyl (C=O) groups is 1. The molecule has 1 unspecified atom stereocenters. The molecule has 6 rings (SSSR count). The number of carboxylic acids is 1. The molecule has 2 aromatic carbocycles. The van der Waals surface area contributed by atoms with Crippen molar-refractivity contribution in [3.8, 4) is 27.9 Å². The van der Waals surface area contributed by atoms with E-state index in [0.29, 0.717) is 28.9 Å². The van der Waals surface area contributed by atoms with Crippen LogP contribution in [0.25, 0.3) is 27.9 Å². The minimum Gasteiger partial charge on any atom is -0.478 e. The van der Waals surface area contributed by atoms with Crippen LogP contribution in [0, 0.1) is 11.6 Å². The molecule has 0 spiro atoms. The lowest BCUT2D eigenvalue weighted by Gasteiger charge is -2.17. The number of benzene rings is 2. The van der Waals surface area contributed by atoms with Gasteiger partial charge in [0.25, 0.3) is 0 Å². The van der Waals surface area contributed by atoms with Gasteiger partial charge in [-0.1, -0.05) is 28.9 Å². The molecule has 45 heavy (non-hydrogen) atoms. The fourth-order valence-corrected chi connectivity index (χ4v) is 4.80. The number of nitrogens with zero attached hydrogens (tertiary/aromatic N) is 7. The summed E-state index contributed by atoms with van der Waals surface area (Å²) in [5, 5.41) is 19.9. The predicted octanol–water partition coefficient (Wildman–Crippen LogP) is 6.66. The minimum absolute atomic E-state index is 0.0522. The van der Waals surface area contributed by atoms with Gasteiger partial charge in [0.15, 0.2) is 17.4 Å². The highest BCUT2D eigenvalue weighted by molar-refractivity contribution is 6.31. The second-order valence-electron chi connectivity index (χ2n) is 9.63. The third-order valence-electron chi connectivity index (χ3n) is 6.83. The van der Waals surface area contributed by atoms with Crippen molar-refractivity contribution in [2.45, 2.75) is 18.6 Å². The molecule has 4 heterocycles. The lowest BCUT2D eigenvalue weighted by molar-refractivity contribution is -0.141. The second kappa shape index (κ2) is 11.6. The van der Waals surface area contributed by atoms with Gasteiger partial charge in [-0.3, -0.25) is 9.67 Å². The van der Waals surface area contributed by atoms with Crippen LogP contribution in [0.1, 0.15) is 33.7 Å². The van der Waals surface area contributed by atoms with Crippen LogP contribution in [0.3, 0.4) is 0 Å². The SMILES string of the molecule is O=C(O)c1ccc(-c2cnn(C(Cc3ncco3)c3ccc(-c4c(-n5cc(C(F)(F)F)nn5)ccc(Cl)c4F)cn3)c2)cc1F. The zero-order chi connectivity index (χ0) is 31.9. The average Bonchev–Trinajstić information content (AvgIpc) is 3.80. The first-order valence-corrected chi connectivity index (χ1v) is 13.3. The number of alkyl halides is 3. The quantitative estimate of drug-likeness (QED) is 0.183. The zero-order valence-electron chi connectivity index (χ0n) is 22.5. The van der Waals surface area contributed by atoms with Gasteiger partial charge >= 0.3 is 12.1 Å². The normalized spacial score (nSPS) is 12.4. The lowest BCUT2D eigenvalue weighted by atomic mass is 10.0. The lowest BCUT2D eigenvalue weighted by Crippen LogP contribution is -2.16. The summed E-state index contributed by atoms with van der Waals surface area (Å²) in [6.45, 7) is 0. The minimum atomic E-state index is -4.76. The number of aromatic nitrogens is 7. The van der Waals surface area contributed by atoms with E-state index in [9.17, 15) is 22.4 Å². The number of carboxylic acid groups (broad SMARTS) is 1. The molecule has 1 N–H and O–H groups in total. The molecule has 0 bridgehead atoms. The molecule has 0 aliphatic rings. The monoisotopic (exact) mass is 641 g/mol. The fraction of sp³-hybridized carbons (Fsp3) is 0.103. The number of hydrogen-bond acceptors (Lipinski definition) is 7. The van der Waals surface area contributed by atoms with E-state index in [0.717, 1.165) is 16.8 Å². The smallest absolute Gasteiger partial charge is 0.436 e. The molecule has 6 aromatic rings. The molecule has 0 fully saturated rings. The Morgan fingerprint density at radius 2 is 1.80 bits per heavy atom. The van der Waals surface area contributed by atoms with Gasteiger partial charge in [-0.2, -0.15) is 18.3 Å². The Bertz CT molecular complexity index is 2010. The van der Waals surface area contributed by atoms with Crippen molar-refractivity contribution in [2.24, 2.45) is 0 Å². The number of aromatic carboxylic acids is 1. The van der Waals surface area contributed by atoms with Gasteiger partial charge < -0.3 is 9.52 Å². The Balaban J connectivity index is 1.37. The first kappa shape index (κ1) is 29.6. The molecule has 0 saturated heterocycles. The molecule has 0 radical (unpaired) electrons. The number of pyridine rings is 1. The largest absolute Gasteiger partial charge is 0.478 e. The number of oxazole rings is 1. The highest BCUT2D eigenvalue weighted by Crippen LogP contribution is 2.35. The topological polar surface area (TPSA) is 125 Å². The highest BCUT2D eigenvalue weighted by Gasteiger charge is 2.35. The Labute approximate surface area is 254 Å². The second-order valence-corrected chi connectivity index (χ2v) is 10.0. The number of halogens is 6. The molecular formula is C29H17ClF5N7O3. The van der Waals surface area contributed by atoms with Gasteiger partial charge in [0.2, 0.25) is 0 Å². The molecule has 1 atom stereocenters. The summed E-state index contributed by atoms with van der Waals surface area (Å²) < 4.78 is 77.0. The fourth-order valence-electron chi connectivity index (χ4n) is 4.65. The molecule has 10 nitrogen and oxygen atoms in total. The summed E-state index contributed by atoms with van der Waals surface area (Å²) in [4.78, 5) is 19.9. The summed E-state index contributed by atoms with van der Waals surface area (Å²) in [7, 11) is 0. The molecule has 4 aromatic heterocycles. The summed E-state index contributed by atoms with van der Waals surface area (Å²) in [6, 6.07) is 8.64. The van der Waals surface area contributed by atoms with Gasteiger partial charge in [-0.25, -0.2) is 23.2 Å². The highest BCUT2D eigenvalue weighted by atomic mass is 35.5. The van der Waals surface area contributed by atoms with Crippen LogP contribution in [0.2, 0.25) is 5.02 Å². The van der Waals surface area contributed by atoms with E-state index in [-0.39, 0.29) is 28.3 Å². The zero-order valence-corrected chi connectivity index (χ0v) is 23.2. The van der Waals surface area contributed by atoms with Crippen molar-refractivity contribution in [2.75, 3.05) is 0 Å². The van der Waals surface area contributed by atoms with Gasteiger partial charge in [0.1, 0.15) is 18.1 Å². The van der Waals surface area contributed by atoms with Crippen LogP contribution >= 0.6 is 11.6 Å². The molecule has 0 saturated carbocycles. The molecular weight excluding hydrogens is 625 g/mol. The first-order valence-electron chi connectivity index (χ1n) is 12.9. The Morgan fingerprint density at radius 1 is 1.00 bits per heavy atom. The average molecular weight is 642 g/mol. The van der Waals surface area contributed by atoms with Crippen molar-refractivity contribution in [1.82, 2.24) is 34.7 Å². The first-order chi connectivity index (χ1) is 21.5. The van der Waals surface area contributed by atoms with E-state index in [1.807, 2.05) is 0 Å². The van der Waals surface area contributed by atoms with Gasteiger partial charge in [0, 0.05) is 29.1 Å².